The van der Waals surface area contributed by atoms with Gasteiger partial charge in [0, 0.05) is 34.7 Å². The molecule has 1 aliphatic heterocycles. The van der Waals surface area contributed by atoms with Crippen LogP contribution in [0, 0.1) is 0 Å². The molecule has 1 aliphatic rings. The van der Waals surface area contributed by atoms with Crippen LogP contribution in [0.5, 0.6) is 5.75 Å². The standard InChI is InChI=1S/C16H17BrN2O/c1-11(14-4-2-3-8-18-14)19-15-7-9-20-16-6-5-12(17)10-13(15)16/h2-6,8,10-11,15,19H,7,9H2,1H3. The highest BCUT2D eigenvalue weighted by Crippen LogP contribution is 2.35. The zero-order valence-electron chi connectivity index (χ0n) is 11.3. The molecule has 2 heterocycles. The van der Waals surface area contributed by atoms with E-state index in [1.165, 1.54) is 5.56 Å². The van der Waals surface area contributed by atoms with E-state index in [4.69, 9.17) is 4.74 Å². The SMILES string of the molecule is CC(NC1CCOc2ccc(Br)cc21)c1ccccn1. The monoisotopic (exact) mass is 332 g/mol. The Morgan fingerprint density at radius 2 is 2.25 bits per heavy atom. The maximum absolute atomic E-state index is 5.72. The minimum atomic E-state index is 0.214. The highest BCUT2D eigenvalue weighted by molar-refractivity contribution is 9.10. The Morgan fingerprint density at radius 3 is 3.05 bits per heavy atom. The lowest BCUT2D eigenvalue weighted by molar-refractivity contribution is 0.245. The highest BCUT2D eigenvalue weighted by Gasteiger charge is 2.23. The summed E-state index contributed by atoms with van der Waals surface area (Å²) < 4.78 is 6.80. The molecule has 2 aromatic rings. The molecule has 2 unspecified atom stereocenters. The number of hydrogen-bond acceptors (Lipinski definition) is 3. The van der Waals surface area contributed by atoms with Gasteiger partial charge < -0.3 is 10.1 Å². The number of halogens is 1. The third-order valence-electron chi connectivity index (χ3n) is 3.59. The number of ether oxygens (including phenoxy) is 1. The molecule has 0 bridgehead atoms. The number of rotatable bonds is 3. The van der Waals surface area contributed by atoms with Gasteiger partial charge in [-0.25, -0.2) is 0 Å². The molecule has 20 heavy (non-hydrogen) atoms. The van der Waals surface area contributed by atoms with Gasteiger partial charge in [-0.2, -0.15) is 0 Å². The fraction of sp³-hybridized carbons (Fsp3) is 0.312. The van der Waals surface area contributed by atoms with Gasteiger partial charge in [0.05, 0.1) is 12.3 Å². The van der Waals surface area contributed by atoms with Crippen LogP contribution in [-0.4, -0.2) is 11.6 Å². The molecule has 3 nitrogen and oxygen atoms in total. The van der Waals surface area contributed by atoms with Crippen molar-refractivity contribution in [3.8, 4) is 5.75 Å². The Kier molecular flexibility index (Phi) is 4.03. The third-order valence-corrected chi connectivity index (χ3v) is 4.09. The molecular formula is C16H17BrN2O. The van der Waals surface area contributed by atoms with Crippen LogP contribution in [-0.2, 0) is 0 Å². The molecule has 4 heteroatoms. The van der Waals surface area contributed by atoms with Crippen LogP contribution < -0.4 is 10.1 Å². The summed E-state index contributed by atoms with van der Waals surface area (Å²) in [6, 6.07) is 12.7. The number of nitrogens with one attached hydrogen (secondary N) is 1. The van der Waals surface area contributed by atoms with Crippen LogP contribution in [0.1, 0.15) is 36.7 Å². The first kappa shape index (κ1) is 13.6. The number of nitrogens with zero attached hydrogens (tertiary/aromatic N) is 1. The van der Waals surface area contributed by atoms with Crippen molar-refractivity contribution in [2.45, 2.75) is 25.4 Å². The van der Waals surface area contributed by atoms with E-state index in [0.717, 1.165) is 28.9 Å². The number of benzene rings is 1. The average Bonchev–Trinajstić information content (AvgIpc) is 2.49. The average molecular weight is 333 g/mol. The van der Waals surface area contributed by atoms with Crippen molar-refractivity contribution in [3.63, 3.8) is 0 Å². The zero-order valence-corrected chi connectivity index (χ0v) is 12.9. The van der Waals surface area contributed by atoms with Crippen molar-refractivity contribution in [2.75, 3.05) is 6.61 Å². The number of fused-ring (bicyclic) bond motifs is 1. The van der Waals surface area contributed by atoms with E-state index < -0.39 is 0 Å². The summed E-state index contributed by atoms with van der Waals surface area (Å²) in [5.41, 5.74) is 2.28. The van der Waals surface area contributed by atoms with E-state index >= 15 is 0 Å². The van der Waals surface area contributed by atoms with Gasteiger partial charge in [0.15, 0.2) is 0 Å². The molecule has 0 radical (unpaired) electrons. The first-order chi connectivity index (χ1) is 9.74. The Hall–Kier alpha value is -1.39. The molecule has 0 amide bonds. The summed E-state index contributed by atoms with van der Waals surface area (Å²) in [4.78, 5) is 4.41. The summed E-state index contributed by atoms with van der Waals surface area (Å²) in [7, 11) is 0. The largest absolute Gasteiger partial charge is 0.493 e. The molecular weight excluding hydrogens is 316 g/mol. The van der Waals surface area contributed by atoms with Crippen molar-refractivity contribution < 1.29 is 4.74 Å². The van der Waals surface area contributed by atoms with Crippen molar-refractivity contribution in [1.29, 1.82) is 0 Å². The van der Waals surface area contributed by atoms with Crippen LogP contribution in [0.4, 0.5) is 0 Å². The lowest BCUT2D eigenvalue weighted by Gasteiger charge is -2.29. The molecule has 2 atom stereocenters. The first-order valence-corrected chi connectivity index (χ1v) is 7.62. The van der Waals surface area contributed by atoms with Gasteiger partial charge in [0.1, 0.15) is 5.75 Å². The van der Waals surface area contributed by atoms with Crippen LogP contribution in [0.25, 0.3) is 0 Å². The second kappa shape index (κ2) is 5.94. The summed E-state index contributed by atoms with van der Waals surface area (Å²) >= 11 is 3.53. The molecule has 0 saturated heterocycles. The zero-order chi connectivity index (χ0) is 13.9. The normalized spacial score (nSPS) is 19.0. The molecule has 3 rings (SSSR count). The minimum Gasteiger partial charge on any atom is -0.493 e. The maximum Gasteiger partial charge on any atom is 0.124 e. The van der Waals surface area contributed by atoms with Gasteiger partial charge in [-0.15, -0.1) is 0 Å². The molecule has 1 N–H and O–H groups in total. The van der Waals surface area contributed by atoms with Crippen LogP contribution >= 0.6 is 15.9 Å². The predicted molar refractivity (Wildman–Crippen MR) is 82.8 cm³/mol. The topological polar surface area (TPSA) is 34.1 Å². The first-order valence-electron chi connectivity index (χ1n) is 6.83. The van der Waals surface area contributed by atoms with E-state index in [9.17, 15) is 0 Å². The van der Waals surface area contributed by atoms with E-state index in [2.05, 4.69) is 45.3 Å². The Morgan fingerprint density at radius 1 is 1.35 bits per heavy atom. The molecule has 0 fully saturated rings. The second-order valence-electron chi connectivity index (χ2n) is 5.01. The lowest BCUT2D eigenvalue weighted by Crippen LogP contribution is -2.29. The van der Waals surface area contributed by atoms with Crippen LogP contribution in [0.15, 0.2) is 47.1 Å². The molecule has 1 aromatic carbocycles. The molecule has 1 aromatic heterocycles. The van der Waals surface area contributed by atoms with Gasteiger partial charge in [0.2, 0.25) is 0 Å². The Balaban J connectivity index is 1.81. The molecule has 0 aliphatic carbocycles. The summed E-state index contributed by atoms with van der Waals surface area (Å²) in [6.45, 7) is 2.90. The predicted octanol–water partition coefficient (Wildman–Crippen LogP) is 4.02. The van der Waals surface area contributed by atoms with E-state index in [1.807, 2.05) is 30.5 Å². The summed E-state index contributed by atoms with van der Waals surface area (Å²) in [6.07, 6.45) is 2.81. The fourth-order valence-corrected chi connectivity index (χ4v) is 2.94. The van der Waals surface area contributed by atoms with Crippen molar-refractivity contribution in [3.05, 3.63) is 58.3 Å². The van der Waals surface area contributed by atoms with Gasteiger partial charge >= 0.3 is 0 Å². The van der Waals surface area contributed by atoms with Crippen LogP contribution in [0.3, 0.4) is 0 Å². The maximum atomic E-state index is 5.72. The van der Waals surface area contributed by atoms with Gasteiger partial charge in [0.25, 0.3) is 0 Å². The molecule has 0 spiro atoms. The summed E-state index contributed by atoms with van der Waals surface area (Å²) in [5, 5.41) is 3.66. The number of pyridine rings is 1. The fourth-order valence-electron chi connectivity index (χ4n) is 2.56. The molecule has 104 valence electrons. The van der Waals surface area contributed by atoms with Crippen molar-refractivity contribution >= 4 is 15.9 Å². The summed E-state index contributed by atoms with van der Waals surface area (Å²) in [5.74, 6) is 0.977. The smallest absolute Gasteiger partial charge is 0.124 e. The second-order valence-corrected chi connectivity index (χ2v) is 5.93. The van der Waals surface area contributed by atoms with Crippen LogP contribution in [0.2, 0.25) is 0 Å². The Labute approximate surface area is 127 Å². The van der Waals surface area contributed by atoms with Crippen molar-refractivity contribution in [2.24, 2.45) is 0 Å². The van der Waals surface area contributed by atoms with Crippen molar-refractivity contribution in [1.82, 2.24) is 10.3 Å². The van der Waals surface area contributed by atoms with E-state index in [1.54, 1.807) is 0 Å². The van der Waals surface area contributed by atoms with Gasteiger partial charge in [-0.3, -0.25) is 4.98 Å². The number of aromatic nitrogens is 1. The third kappa shape index (κ3) is 2.86. The van der Waals surface area contributed by atoms with E-state index in [0.29, 0.717) is 6.04 Å². The van der Waals surface area contributed by atoms with Gasteiger partial charge in [-0.1, -0.05) is 22.0 Å². The quantitative estimate of drug-likeness (QED) is 0.921. The lowest BCUT2D eigenvalue weighted by atomic mass is 9.99. The highest BCUT2D eigenvalue weighted by atomic mass is 79.9. The molecule has 0 saturated carbocycles. The number of hydrogen-bond donors (Lipinski definition) is 1. The van der Waals surface area contributed by atoms with Gasteiger partial charge in [-0.05, 0) is 37.3 Å². The van der Waals surface area contributed by atoms with E-state index in [-0.39, 0.29) is 6.04 Å². The Bertz CT molecular complexity index is 588. The minimum absolute atomic E-state index is 0.214.